The van der Waals surface area contributed by atoms with Gasteiger partial charge in [0, 0.05) is 35.2 Å². The number of rotatable bonds is 5. The third-order valence-electron chi connectivity index (χ3n) is 5.82. The van der Waals surface area contributed by atoms with E-state index in [1.165, 1.54) is 0 Å². The molecule has 4 aromatic rings. The molecule has 1 fully saturated rings. The minimum absolute atomic E-state index is 0.255. The largest absolute Gasteiger partial charge is 0.480 e. The number of aromatic nitrogens is 5. The first-order valence-corrected chi connectivity index (χ1v) is 10.2. The molecule has 0 radical (unpaired) electrons. The van der Waals surface area contributed by atoms with Crippen LogP contribution >= 0.6 is 0 Å². The van der Waals surface area contributed by atoms with Crippen molar-refractivity contribution in [2.75, 3.05) is 7.11 Å². The summed E-state index contributed by atoms with van der Waals surface area (Å²) < 4.78 is 23.5. The van der Waals surface area contributed by atoms with E-state index in [2.05, 4.69) is 21.3 Å². The number of methoxy groups -OCH3 is 1. The Morgan fingerprint density at radius 2 is 2.00 bits per heavy atom. The number of halogens is 1. The summed E-state index contributed by atoms with van der Waals surface area (Å²) in [6.07, 6.45) is 8.44. The Kier molecular flexibility index (Phi) is 4.66. The highest BCUT2D eigenvalue weighted by Crippen LogP contribution is 2.36. The van der Waals surface area contributed by atoms with E-state index in [1.54, 1.807) is 28.6 Å². The third-order valence-corrected chi connectivity index (χ3v) is 5.82. The van der Waals surface area contributed by atoms with Crippen molar-refractivity contribution < 1.29 is 9.13 Å². The lowest BCUT2D eigenvalue weighted by Crippen LogP contribution is -2.25. The molecular formula is C23H21FN6O. The maximum Gasteiger partial charge on any atom is 0.233 e. The van der Waals surface area contributed by atoms with Gasteiger partial charge in [0.05, 0.1) is 31.1 Å². The lowest BCUT2D eigenvalue weighted by Gasteiger charge is -2.18. The second-order valence-corrected chi connectivity index (χ2v) is 7.96. The molecule has 5 rings (SSSR count). The van der Waals surface area contributed by atoms with E-state index < -0.39 is 5.67 Å². The molecule has 8 heteroatoms. The number of nitrogens with zero attached hydrogens (tertiary/aromatic N) is 6. The summed E-state index contributed by atoms with van der Waals surface area (Å²) in [5, 5.41) is 18.1. The van der Waals surface area contributed by atoms with Crippen LogP contribution in [0, 0.1) is 11.3 Å². The predicted molar refractivity (Wildman–Crippen MR) is 113 cm³/mol. The van der Waals surface area contributed by atoms with Gasteiger partial charge in [0.1, 0.15) is 17.4 Å². The SMILES string of the molecule is COc1cc2ccc(-c3nc(C#N)ccc3-c3cnn(CC4(F)CCCC4)c3)cn2n1. The summed E-state index contributed by atoms with van der Waals surface area (Å²) in [5.41, 5.74) is 3.12. The van der Waals surface area contributed by atoms with Gasteiger partial charge in [0.15, 0.2) is 0 Å². The number of ether oxygens (including phenoxy) is 1. The first-order valence-electron chi connectivity index (χ1n) is 10.2. The van der Waals surface area contributed by atoms with E-state index >= 15 is 0 Å². The van der Waals surface area contributed by atoms with Crippen molar-refractivity contribution in [3.63, 3.8) is 0 Å². The number of fused-ring (bicyclic) bond motifs is 1. The van der Waals surface area contributed by atoms with Crippen LogP contribution in [0.1, 0.15) is 31.4 Å². The minimum Gasteiger partial charge on any atom is -0.480 e. The monoisotopic (exact) mass is 416 g/mol. The quantitative estimate of drug-likeness (QED) is 0.481. The van der Waals surface area contributed by atoms with Gasteiger partial charge in [-0.2, -0.15) is 10.4 Å². The van der Waals surface area contributed by atoms with Gasteiger partial charge in [-0.25, -0.2) is 13.9 Å². The van der Waals surface area contributed by atoms with E-state index in [0.717, 1.165) is 35.0 Å². The van der Waals surface area contributed by atoms with Gasteiger partial charge < -0.3 is 4.74 Å². The zero-order chi connectivity index (χ0) is 21.4. The number of hydrogen-bond acceptors (Lipinski definition) is 5. The van der Waals surface area contributed by atoms with E-state index in [1.807, 2.05) is 36.7 Å². The van der Waals surface area contributed by atoms with Crippen molar-refractivity contribution in [1.29, 1.82) is 5.26 Å². The minimum atomic E-state index is -1.18. The van der Waals surface area contributed by atoms with Gasteiger partial charge >= 0.3 is 0 Å². The Balaban J connectivity index is 1.55. The molecule has 156 valence electrons. The van der Waals surface area contributed by atoms with E-state index in [-0.39, 0.29) is 6.54 Å². The predicted octanol–water partition coefficient (Wildman–Crippen LogP) is 4.42. The van der Waals surface area contributed by atoms with Crippen LogP contribution in [-0.2, 0) is 6.54 Å². The van der Waals surface area contributed by atoms with Crippen LogP contribution in [0.5, 0.6) is 5.88 Å². The molecule has 1 aliphatic carbocycles. The van der Waals surface area contributed by atoms with Crippen LogP contribution in [0.2, 0.25) is 0 Å². The number of pyridine rings is 2. The fraction of sp³-hybridized carbons (Fsp3) is 0.304. The Labute approximate surface area is 178 Å². The molecule has 0 atom stereocenters. The zero-order valence-corrected chi connectivity index (χ0v) is 17.1. The van der Waals surface area contributed by atoms with Crippen molar-refractivity contribution in [1.82, 2.24) is 24.4 Å². The maximum absolute atomic E-state index is 14.9. The number of hydrogen-bond donors (Lipinski definition) is 0. The summed E-state index contributed by atoms with van der Waals surface area (Å²) in [6.45, 7) is 0.255. The standard InChI is InChI=1S/C23H21FN6O/c1-31-21-10-19-6-4-16(14-30(19)28-21)22-20(7-5-18(11-25)27-22)17-12-26-29(13-17)15-23(24)8-2-3-9-23/h4-7,10,12-14H,2-3,8-9,15H2,1H3. The highest BCUT2D eigenvalue weighted by atomic mass is 19.1. The molecule has 0 saturated heterocycles. The summed E-state index contributed by atoms with van der Waals surface area (Å²) >= 11 is 0. The van der Waals surface area contributed by atoms with Gasteiger partial charge in [0.2, 0.25) is 5.88 Å². The van der Waals surface area contributed by atoms with Gasteiger partial charge in [-0.15, -0.1) is 5.10 Å². The molecule has 1 saturated carbocycles. The number of alkyl halides is 1. The molecule has 4 heterocycles. The van der Waals surface area contributed by atoms with Crippen molar-refractivity contribution in [2.24, 2.45) is 0 Å². The molecule has 1 aliphatic rings. The fourth-order valence-corrected chi connectivity index (χ4v) is 4.22. The molecule has 0 aliphatic heterocycles. The Morgan fingerprint density at radius 3 is 2.77 bits per heavy atom. The summed E-state index contributed by atoms with van der Waals surface area (Å²) in [6, 6.07) is 11.3. The first kappa shape index (κ1) is 19.2. The zero-order valence-electron chi connectivity index (χ0n) is 17.1. The average molecular weight is 416 g/mol. The molecule has 0 amide bonds. The molecular weight excluding hydrogens is 395 g/mol. The van der Waals surface area contributed by atoms with E-state index in [0.29, 0.717) is 30.1 Å². The normalized spacial score (nSPS) is 15.3. The molecule has 0 unspecified atom stereocenters. The van der Waals surface area contributed by atoms with Gasteiger partial charge in [-0.1, -0.05) is 12.8 Å². The van der Waals surface area contributed by atoms with Gasteiger partial charge in [0.25, 0.3) is 0 Å². The van der Waals surface area contributed by atoms with Crippen molar-refractivity contribution in [3.8, 4) is 34.3 Å². The van der Waals surface area contributed by atoms with Crippen LogP contribution in [-0.4, -0.2) is 37.2 Å². The second-order valence-electron chi connectivity index (χ2n) is 7.96. The lowest BCUT2D eigenvalue weighted by atomic mass is 10.0. The molecule has 7 nitrogen and oxygen atoms in total. The molecule has 0 bridgehead atoms. The number of nitriles is 1. The average Bonchev–Trinajstić information content (AvgIpc) is 3.52. The van der Waals surface area contributed by atoms with Crippen LogP contribution in [0.15, 0.2) is 48.9 Å². The van der Waals surface area contributed by atoms with Crippen LogP contribution < -0.4 is 4.74 Å². The second kappa shape index (κ2) is 7.51. The molecule has 0 aromatic carbocycles. The highest BCUT2D eigenvalue weighted by Gasteiger charge is 2.34. The molecule has 0 spiro atoms. The van der Waals surface area contributed by atoms with Crippen LogP contribution in [0.3, 0.4) is 0 Å². The highest BCUT2D eigenvalue weighted by molar-refractivity contribution is 5.81. The maximum atomic E-state index is 14.9. The topological polar surface area (TPSA) is 81.0 Å². The van der Waals surface area contributed by atoms with E-state index in [9.17, 15) is 9.65 Å². The third kappa shape index (κ3) is 3.63. The van der Waals surface area contributed by atoms with Crippen molar-refractivity contribution in [2.45, 2.75) is 37.9 Å². The summed E-state index contributed by atoms with van der Waals surface area (Å²) in [7, 11) is 1.57. The Bertz CT molecular complexity index is 1300. The Hall–Kier alpha value is -3.73. The van der Waals surface area contributed by atoms with Gasteiger partial charge in [-0.3, -0.25) is 4.68 Å². The van der Waals surface area contributed by atoms with E-state index in [4.69, 9.17) is 4.74 Å². The van der Waals surface area contributed by atoms with Crippen LogP contribution in [0.25, 0.3) is 27.9 Å². The summed E-state index contributed by atoms with van der Waals surface area (Å²) in [4.78, 5) is 4.55. The van der Waals surface area contributed by atoms with Crippen molar-refractivity contribution in [3.05, 3.63) is 54.6 Å². The Morgan fingerprint density at radius 1 is 1.16 bits per heavy atom. The molecule has 4 aromatic heterocycles. The molecule has 31 heavy (non-hydrogen) atoms. The molecule has 0 N–H and O–H groups in total. The summed E-state index contributed by atoms with van der Waals surface area (Å²) in [5.74, 6) is 0.518. The lowest BCUT2D eigenvalue weighted by molar-refractivity contribution is 0.139. The fourth-order valence-electron chi connectivity index (χ4n) is 4.22. The van der Waals surface area contributed by atoms with Gasteiger partial charge in [-0.05, 0) is 37.1 Å². The van der Waals surface area contributed by atoms with Crippen molar-refractivity contribution >= 4 is 5.52 Å². The first-order chi connectivity index (χ1) is 15.1. The smallest absolute Gasteiger partial charge is 0.233 e. The van der Waals surface area contributed by atoms with Crippen LogP contribution in [0.4, 0.5) is 4.39 Å².